The van der Waals surface area contributed by atoms with Gasteiger partial charge in [-0.1, -0.05) is 0 Å². The average Bonchev–Trinajstić information content (AvgIpc) is 2.82. The van der Waals surface area contributed by atoms with E-state index in [-0.39, 0.29) is 11.6 Å². The van der Waals surface area contributed by atoms with E-state index < -0.39 is 5.97 Å². The topological polar surface area (TPSA) is 91.3 Å². The number of urea groups is 1. The van der Waals surface area contributed by atoms with Gasteiger partial charge >= 0.3 is 12.0 Å². The molecule has 0 atom stereocenters. The Balaban J connectivity index is 1.93. The fourth-order valence-electron chi connectivity index (χ4n) is 1.80. The summed E-state index contributed by atoms with van der Waals surface area (Å²) in [5, 5.41) is 17.1. The van der Waals surface area contributed by atoms with Gasteiger partial charge in [0.2, 0.25) is 0 Å². The number of anilines is 1. The van der Waals surface area contributed by atoms with Gasteiger partial charge in [-0.15, -0.1) is 11.3 Å². The Morgan fingerprint density at radius 3 is 2.67 bits per heavy atom. The molecule has 0 spiro atoms. The van der Waals surface area contributed by atoms with Crippen molar-refractivity contribution in [2.75, 3.05) is 5.32 Å². The summed E-state index contributed by atoms with van der Waals surface area (Å²) in [6.07, 6.45) is 0. The minimum Gasteiger partial charge on any atom is -0.478 e. The summed E-state index contributed by atoms with van der Waals surface area (Å²) in [7, 11) is 0. The number of thiazole rings is 1. The highest BCUT2D eigenvalue weighted by molar-refractivity contribution is 7.09. The molecule has 0 saturated heterocycles. The number of carboxylic acids is 1. The molecular formula is C14H15N3O3S. The van der Waals surface area contributed by atoms with Crippen LogP contribution in [0.5, 0.6) is 0 Å². The molecule has 0 aliphatic rings. The smallest absolute Gasteiger partial charge is 0.335 e. The second kappa shape index (κ2) is 6.36. The van der Waals surface area contributed by atoms with Gasteiger partial charge in [-0.05, 0) is 37.6 Å². The molecule has 110 valence electrons. The minimum atomic E-state index is -0.984. The summed E-state index contributed by atoms with van der Waals surface area (Å²) in [6, 6.07) is 4.29. The highest BCUT2D eigenvalue weighted by Crippen LogP contribution is 2.15. The zero-order valence-electron chi connectivity index (χ0n) is 11.6. The number of amides is 2. The highest BCUT2D eigenvalue weighted by Gasteiger charge is 2.09. The SMILES string of the molecule is Cc1csc(CNC(=O)Nc2ccc(C(=O)O)c(C)c2)n1. The lowest BCUT2D eigenvalue weighted by atomic mass is 10.1. The highest BCUT2D eigenvalue weighted by atomic mass is 32.1. The van der Waals surface area contributed by atoms with Gasteiger partial charge in [0.1, 0.15) is 5.01 Å². The van der Waals surface area contributed by atoms with Gasteiger partial charge in [-0.25, -0.2) is 14.6 Å². The largest absolute Gasteiger partial charge is 0.478 e. The van der Waals surface area contributed by atoms with Crippen molar-refractivity contribution >= 4 is 29.0 Å². The number of carbonyl (C=O) groups is 2. The van der Waals surface area contributed by atoms with Gasteiger partial charge in [-0.2, -0.15) is 0 Å². The Bertz CT molecular complexity index is 682. The predicted molar refractivity (Wildman–Crippen MR) is 80.8 cm³/mol. The molecule has 0 saturated carbocycles. The zero-order chi connectivity index (χ0) is 15.4. The first-order valence-electron chi connectivity index (χ1n) is 6.25. The van der Waals surface area contributed by atoms with Crippen LogP contribution >= 0.6 is 11.3 Å². The first-order valence-corrected chi connectivity index (χ1v) is 7.13. The van der Waals surface area contributed by atoms with Crippen molar-refractivity contribution in [1.29, 1.82) is 0 Å². The molecule has 1 heterocycles. The van der Waals surface area contributed by atoms with Gasteiger partial charge in [-0.3, -0.25) is 0 Å². The summed E-state index contributed by atoms with van der Waals surface area (Å²) in [5.41, 5.74) is 2.29. The van der Waals surface area contributed by atoms with E-state index in [4.69, 9.17) is 5.11 Å². The van der Waals surface area contributed by atoms with E-state index in [0.29, 0.717) is 17.8 Å². The van der Waals surface area contributed by atoms with Crippen molar-refractivity contribution in [2.24, 2.45) is 0 Å². The maximum absolute atomic E-state index is 11.8. The lowest BCUT2D eigenvalue weighted by Crippen LogP contribution is -2.28. The van der Waals surface area contributed by atoms with Crippen LogP contribution in [0.1, 0.15) is 26.6 Å². The van der Waals surface area contributed by atoms with E-state index in [1.54, 1.807) is 19.1 Å². The maximum atomic E-state index is 11.8. The fourth-order valence-corrected chi connectivity index (χ4v) is 2.51. The number of nitrogens with one attached hydrogen (secondary N) is 2. The molecule has 0 radical (unpaired) electrons. The molecule has 3 N–H and O–H groups in total. The number of nitrogens with zero attached hydrogens (tertiary/aromatic N) is 1. The quantitative estimate of drug-likeness (QED) is 0.810. The molecule has 0 fully saturated rings. The van der Waals surface area contributed by atoms with Gasteiger partial charge in [0.15, 0.2) is 0 Å². The normalized spacial score (nSPS) is 10.2. The first kappa shape index (κ1) is 15.0. The molecule has 2 rings (SSSR count). The van der Waals surface area contributed by atoms with Crippen molar-refractivity contribution in [3.8, 4) is 0 Å². The number of carboxylic acid groups (broad SMARTS) is 1. The second-order valence-corrected chi connectivity index (χ2v) is 5.47. The molecule has 0 bridgehead atoms. The average molecular weight is 305 g/mol. The summed E-state index contributed by atoms with van der Waals surface area (Å²) < 4.78 is 0. The van der Waals surface area contributed by atoms with Gasteiger partial charge in [0.25, 0.3) is 0 Å². The van der Waals surface area contributed by atoms with Crippen molar-refractivity contribution < 1.29 is 14.7 Å². The standard InChI is InChI=1S/C14H15N3O3S/c1-8-5-10(3-4-11(8)13(18)19)17-14(20)15-6-12-16-9(2)7-21-12/h3-5,7H,6H2,1-2H3,(H,18,19)(H2,15,17,20). The third-order valence-corrected chi connectivity index (χ3v) is 3.75. The summed E-state index contributed by atoms with van der Waals surface area (Å²) >= 11 is 1.49. The van der Waals surface area contributed by atoms with Crippen LogP contribution in [0.2, 0.25) is 0 Å². The third-order valence-electron chi connectivity index (χ3n) is 2.78. The molecule has 6 nitrogen and oxygen atoms in total. The van der Waals surface area contributed by atoms with Crippen LogP contribution in [0.15, 0.2) is 23.6 Å². The van der Waals surface area contributed by atoms with Crippen LogP contribution in [-0.4, -0.2) is 22.1 Å². The van der Waals surface area contributed by atoms with Crippen LogP contribution in [0.4, 0.5) is 10.5 Å². The molecule has 2 amide bonds. The lowest BCUT2D eigenvalue weighted by molar-refractivity contribution is 0.0696. The van der Waals surface area contributed by atoms with E-state index in [2.05, 4.69) is 15.6 Å². The van der Waals surface area contributed by atoms with Crippen LogP contribution in [0.25, 0.3) is 0 Å². The van der Waals surface area contributed by atoms with Crippen molar-refractivity contribution in [3.63, 3.8) is 0 Å². The van der Waals surface area contributed by atoms with E-state index in [0.717, 1.165) is 10.7 Å². The van der Waals surface area contributed by atoms with Crippen LogP contribution < -0.4 is 10.6 Å². The maximum Gasteiger partial charge on any atom is 0.335 e. The van der Waals surface area contributed by atoms with Gasteiger partial charge in [0, 0.05) is 16.8 Å². The number of aryl methyl sites for hydroxylation is 2. The fraction of sp³-hybridized carbons (Fsp3) is 0.214. The molecule has 1 aromatic carbocycles. The summed E-state index contributed by atoms with van der Waals surface area (Å²) in [4.78, 5) is 26.9. The number of hydrogen-bond acceptors (Lipinski definition) is 4. The molecule has 21 heavy (non-hydrogen) atoms. The van der Waals surface area contributed by atoms with E-state index in [9.17, 15) is 9.59 Å². The van der Waals surface area contributed by atoms with E-state index in [1.165, 1.54) is 17.4 Å². The lowest BCUT2D eigenvalue weighted by Gasteiger charge is -2.08. The summed E-state index contributed by atoms with van der Waals surface area (Å²) in [6.45, 7) is 3.94. The van der Waals surface area contributed by atoms with Gasteiger partial charge < -0.3 is 15.7 Å². The second-order valence-electron chi connectivity index (χ2n) is 4.53. The van der Waals surface area contributed by atoms with Crippen LogP contribution in [-0.2, 0) is 6.54 Å². The molecular weight excluding hydrogens is 290 g/mol. The molecule has 0 aliphatic carbocycles. The van der Waals surface area contributed by atoms with Crippen molar-refractivity contribution in [3.05, 3.63) is 45.4 Å². The molecule has 1 aromatic heterocycles. The Morgan fingerprint density at radius 2 is 2.10 bits per heavy atom. The van der Waals surface area contributed by atoms with Crippen LogP contribution in [0.3, 0.4) is 0 Å². The Kier molecular flexibility index (Phi) is 4.54. The van der Waals surface area contributed by atoms with E-state index >= 15 is 0 Å². The van der Waals surface area contributed by atoms with Crippen molar-refractivity contribution in [2.45, 2.75) is 20.4 Å². The zero-order valence-corrected chi connectivity index (χ0v) is 12.5. The number of aromatic carboxylic acids is 1. The molecule has 2 aromatic rings. The molecule has 0 aliphatic heterocycles. The minimum absolute atomic E-state index is 0.221. The Morgan fingerprint density at radius 1 is 1.33 bits per heavy atom. The van der Waals surface area contributed by atoms with Gasteiger partial charge in [0.05, 0.1) is 12.1 Å². The number of benzene rings is 1. The Labute approximate surface area is 125 Å². The van der Waals surface area contributed by atoms with Crippen molar-refractivity contribution in [1.82, 2.24) is 10.3 Å². The third kappa shape index (κ3) is 4.03. The summed E-state index contributed by atoms with van der Waals surface area (Å²) in [5.74, 6) is -0.984. The number of aromatic nitrogens is 1. The molecule has 7 heteroatoms. The predicted octanol–water partition coefficient (Wildman–Crippen LogP) is 2.78. The van der Waals surface area contributed by atoms with E-state index in [1.807, 2.05) is 12.3 Å². The monoisotopic (exact) mass is 305 g/mol. The number of rotatable bonds is 4. The Hall–Kier alpha value is -2.41. The first-order chi connectivity index (χ1) is 9.95. The number of carbonyl (C=O) groups excluding carboxylic acids is 1. The molecule has 0 unspecified atom stereocenters. The van der Waals surface area contributed by atoms with Crippen LogP contribution in [0, 0.1) is 13.8 Å². The number of hydrogen-bond donors (Lipinski definition) is 3.